The molecule has 1 amide bonds. The van der Waals surface area contributed by atoms with Crippen LogP contribution in [0.15, 0.2) is 36.4 Å². The zero-order valence-electron chi connectivity index (χ0n) is 18.3. The van der Waals surface area contributed by atoms with Crippen molar-refractivity contribution in [2.75, 3.05) is 6.54 Å². The summed E-state index contributed by atoms with van der Waals surface area (Å²) in [5.41, 5.74) is -1.73. The van der Waals surface area contributed by atoms with Crippen LogP contribution < -0.4 is 0 Å². The first-order chi connectivity index (χ1) is 15.8. The molecule has 4 rings (SSSR count). The highest BCUT2D eigenvalue weighted by Crippen LogP contribution is 2.45. The minimum Gasteiger partial charge on any atom is -0.368 e. The normalized spacial score (nSPS) is 24.0. The summed E-state index contributed by atoms with van der Waals surface area (Å²) < 4.78 is 99.4. The molecular formula is C24H22F7NO2. The molecule has 2 saturated heterocycles. The molecule has 2 aromatic rings. The maximum Gasteiger partial charge on any atom is 0.416 e. The molecule has 3 nitrogen and oxygen atoms in total. The fourth-order valence-electron chi connectivity index (χ4n) is 5.02. The summed E-state index contributed by atoms with van der Waals surface area (Å²) in [6.07, 6.45) is -10.9. The predicted molar refractivity (Wildman–Crippen MR) is 108 cm³/mol. The summed E-state index contributed by atoms with van der Waals surface area (Å²) in [5, 5.41) is 0. The SMILES string of the molecule is Cc1cc(F)ccc1[C@H]1C2CCC(=O)N2C[C@@H]1O[C@H](C)c1cc(C(F)(F)F)cc(C(F)(F)F)c1. The Morgan fingerprint density at radius 3 is 2.18 bits per heavy atom. The minimum atomic E-state index is -4.97. The minimum absolute atomic E-state index is 0.0746. The average Bonchev–Trinajstić information content (AvgIpc) is 3.26. The van der Waals surface area contributed by atoms with E-state index in [2.05, 4.69) is 0 Å². The maximum atomic E-state index is 13.7. The number of halogens is 7. The molecule has 2 fully saturated rings. The monoisotopic (exact) mass is 489 g/mol. The van der Waals surface area contributed by atoms with Gasteiger partial charge in [0.05, 0.1) is 23.3 Å². The number of aryl methyl sites for hydroxylation is 1. The van der Waals surface area contributed by atoms with Crippen molar-refractivity contribution in [3.63, 3.8) is 0 Å². The van der Waals surface area contributed by atoms with Gasteiger partial charge in [0.2, 0.25) is 5.91 Å². The number of hydrogen-bond acceptors (Lipinski definition) is 2. The topological polar surface area (TPSA) is 29.5 Å². The molecule has 2 aliphatic rings. The summed E-state index contributed by atoms with van der Waals surface area (Å²) in [4.78, 5) is 14.0. The lowest BCUT2D eigenvalue weighted by Crippen LogP contribution is -2.29. The molecule has 34 heavy (non-hydrogen) atoms. The van der Waals surface area contributed by atoms with E-state index in [-0.39, 0.29) is 36.0 Å². The highest BCUT2D eigenvalue weighted by molar-refractivity contribution is 5.79. The molecule has 10 heteroatoms. The van der Waals surface area contributed by atoms with Crippen LogP contribution in [0.25, 0.3) is 0 Å². The summed E-state index contributed by atoms with van der Waals surface area (Å²) in [7, 11) is 0. The molecule has 2 aliphatic heterocycles. The molecule has 0 bridgehead atoms. The third kappa shape index (κ3) is 4.64. The van der Waals surface area contributed by atoms with Gasteiger partial charge in [0.25, 0.3) is 0 Å². The standard InChI is InChI=1S/C24H22F7NO2/c1-12-7-17(25)3-4-18(12)22-19-5-6-21(33)32(19)11-20(22)34-13(2)14-8-15(23(26,27)28)10-16(9-14)24(29,30)31/h3-4,7-10,13,19-20,22H,5-6,11H2,1-2H3/t13-,19?,20+,22+/m1/s1. The third-order valence-corrected chi connectivity index (χ3v) is 6.62. The molecule has 0 spiro atoms. The predicted octanol–water partition coefficient (Wildman–Crippen LogP) is 6.41. The second kappa shape index (κ2) is 8.55. The summed E-state index contributed by atoms with van der Waals surface area (Å²) in [5.74, 6) is -0.914. The van der Waals surface area contributed by atoms with Crippen LogP contribution in [0.4, 0.5) is 30.7 Å². The zero-order valence-corrected chi connectivity index (χ0v) is 18.3. The molecule has 0 aromatic heterocycles. The average molecular weight is 489 g/mol. The summed E-state index contributed by atoms with van der Waals surface area (Å²) >= 11 is 0. The van der Waals surface area contributed by atoms with Gasteiger partial charge >= 0.3 is 12.4 Å². The Kier molecular flexibility index (Phi) is 6.16. The van der Waals surface area contributed by atoms with E-state index in [1.807, 2.05) is 0 Å². The fraction of sp³-hybridized carbons (Fsp3) is 0.458. The number of alkyl halides is 6. The summed E-state index contributed by atoms with van der Waals surface area (Å²) in [6, 6.07) is 5.36. The van der Waals surface area contributed by atoms with Gasteiger partial charge in [-0.15, -0.1) is 0 Å². The van der Waals surface area contributed by atoms with Crippen LogP contribution >= 0.6 is 0 Å². The molecule has 4 atom stereocenters. The molecule has 0 radical (unpaired) electrons. The smallest absolute Gasteiger partial charge is 0.368 e. The zero-order chi connectivity index (χ0) is 25.0. The van der Waals surface area contributed by atoms with E-state index >= 15 is 0 Å². The molecule has 0 N–H and O–H groups in total. The number of ether oxygens (including phenoxy) is 1. The Balaban J connectivity index is 1.68. The molecule has 2 heterocycles. The lowest BCUT2D eigenvalue weighted by molar-refractivity contribution is -0.143. The largest absolute Gasteiger partial charge is 0.416 e. The molecule has 184 valence electrons. The van der Waals surface area contributed by atoms with Crippen molar-refractivity contribution in [3.8, 4) is 0 Å². The van der Waals surface area contributed by atoms with Crippen molar-refractivity contribution in [1.29, 1.82) is 0 Å². The van der Waals surface area contributed by atoms with Crippen LogP contribution in [-0.4, -0.2) is 29.5 Å². The van der Waals surface area contributed by atoms with Gasteiger partial charge in [-0.05, 0) is 67.3 Å². The molecule has 2 aromatic carbocycles. The van der Waals surface area contributed by atoms with Crippen LogP contribution in [-0.2, 0) is 21.9 Å². The molecule has 0 aliphatic carbocycles. The highest BCUT2D eigenvalue weighted by atomic mass is 19.4. The molecule has 0 saturated carbocycles. The lowest BCUT2D eigenvalue weighted by atomic mass is 9.85. The second-order valence-corrected chi connectivity index (χ2v) is 8.83. The Hall–Kier alpha value is -2.62. The Morgan fingerprint density at radius 2 is 1.62 bits per heavy atom. The number of amides is 1. The van der Waals surface area contributed by atoms with E-state index in [0.717, 1.165) is 5.56 Å². The first-order valence-electron chi connectivity index (χ1n) is 10.8. The van der Waals surface area contributed by atoms with Crippen LogP contribution in [0, 0.1) is 12.7 Å². The van der Waals surface area contributed by atoms with Crippen molar-refractivity contribution in [2.24, 2.45) is 0 Å². The number of carbonyl (C=O) groups excluding carboxylic acids is 1. The molecule has 1 unspecified atom stereocenters. The Morgan fingerprint density at radius 1 is 1.00 bits per heavy atom. The van der Waals surface area contributed by atoms with E-state index in [4.69, 9.17) is 4.74 Å². The van der Waals surface area contributed by atoms with E-state index in [0.29, 0.717) is 30.5 Å². The van der Waals surface area contributed by atoms with Gasteiger partial charge in [-0.3, -0.25) is 4.79 Å². The first-order valence-corrected chi connectivity index (χ1v) is 10.8. The molecular weight excluding hydrogens is 467 g/mol. The van der Waals surface area contributed by atoms with E-state index in [9.17, 15) is 35.5 Å². The van der Waals surface area contributed by atoms with Crippen LogP contribution in [0.3, 0.4) is 0 Å². The van der Waals surface area contributed by atoms with Crippen molar-refractivity contribution in [2.45, 2.75) is 63.2 Å². The van der Waals surface area contributed by atoms with E-state index in [1.165, 1.54) is 19.1 Å². The first kappa shape index (κ1) is 24.5. The van der Waals surface area contributed by atoms with Gasteiger partial charge in [0.1, 0.15) is 5.82 Å². The van der Waals surface area contributed by atoms with Crippen molar-refractivity contribution >= 4 is 5.91 Å². The summed E-state index contributed by atoms with van der Waals surface area (Å²) in [6.45, 7) is 3.25. The van der Waals surface area contributed by atoms with Crippen LogP contribution in [0.1, 0.15) is 59.6 Å². The highest BCUT2D eigenvalue weighted by Gasteiger charge is 2.49. The Labute approximate surface area is 191 Å². The van der Waals surface area contributed by atoms with Crippen molar-refractivity contribution in [3.05, 3.63) is 70.0 Å². The second-order valence-electron chi connectivity index (χ2n) is 8.83. The number of benzene rings is 2. The Bertz CT molecular complexity index is 1060. The van der Waals surface area contributed by atoms with Gasteiger partial charge in [0, 0.05) is 24.9 Å². The number of fused-ring (bicyclic) bond motifs is 1. The number of hydrogen-bond donors (Lipinski definition) is 0. The third-order valence-electron chi connectivity index (χ3n) is 6.62. The quantitative estimate of drug-likeness (QED) is 0.465. The van der Waals surface area contributed by atoms with Gasteiger partial charge in [-0.2, -0.15) is 26.3 Å². The fourth-order valence-corrected chi connectivity index (χ4v) is 5.02. The van der Waals surface area contributed by atoms with Gasteiger partial charge in [0.15, 0.2) is 0 Å². The van der Waals surface area contributed by atoms with Gasteiger partial charge in [-0.25, -0.2) is 4.39 Å². The number of carbonyl (C=O) groups is 1. The van der Waals surface area contributed by atoms with Crippen molar-refractivity contribution < 1.29 is 40.3 Å². The lowest BCUT2D eigenvalue weighted by Gasteiger charge is -2.28. The number of rotatable bonds is 4. The van der Waals surface area contributed by atoms with Crippen molar-refractivity contribution in [1.82, 2.24) is 4.90 Å². The van der Waals surface area contributed by atoms with Gasteiger partial charge in [-0.1, -0.05) is 6.07 Å². The van der Waals surface area contributed by atoms with E-state index < -0.39 is 41.5 Å². The van der Waals surface area contributed by atoms with Crippen LogP contribution in [0.2, 0.25) is 0 Å². The number of nitrogens with zero attached hydrogens (tertiary/aromatic N) is 1. The maximum absolute atomic E-state index is 13.7. The van der Waals surface area contributed by atoms with E-state index in [1.54, 1.807) is 17.9 Å². The van der Waals surface area contributed by atoms with Gasteiger partial charge < -0.3 is 9.64 Å². The van der Waals surface area contributed by atoms with Crippen LogP contribution in [0.5, 0.6) is 0 Å².